The van der Waals surface area contributed by atoms with Gasteiger partial charge in [-0.3, -0.25) is 10.1 Å². The SMILES string of the molecule is Cc1cccc([N+](=O)[O-])c1C(=O)OCc1c(C)noc1C. The molecule has 0 N–H and O–H groups in total. The largest absolute Gasteiger partial charge is 0.457 e. The second kappa shape index (κ2) is 5.74. The van der Waals surface area contributed by atoms with Crippen molar-refractivity contribution in [2.24, 2.45) is 0 Å². The summed E-state index contributed by atoms with van der Waals surface area (Å²) in [6.45, 7) is 5.03. The van der Waals surface area contributed by atoms with Crippen LogP contribution in [0.2, 0.25) is 0 Å². The Labute approximate surface area is 120 Å². The maximum absolute atomic E-state index is 12.1. The van der Waals surface area contributed by atoms with Crippen LogP contribution in [-0.2, 0) is 11.3 Å². The zero-order valence-corrected chi connectivity index (χ0v) is 11.9. The van der Waals surface area contributed by atoms with Crippen molar-refractivity contribution in [1.29, 1.82) is 0 Å². The van der Waals surface area contributed by atoms with Gasteiger partial charge in [-0.05, 0) is 26.3 Å². The minimum Gasteiger partial charge on any atom is -0.457 e. The lowest BCUT2D eigenvalue weighted by Crippen LogP contribution is -2.10. The number of rotatable bonds is 4. The molecular weight excluding hydrogens is 276 g/mol. The van der Waals surface area contributed by atoms with Crippen LogP contribution in [0.1, 0.15) is 32.9 Å². The number of aromatic nitrogens is 1. The van der Waals surface area contributed by atoms with E-state index in [-0.39, 0.29) is 17.9 Å². The van der Waals surface area contributed by atoms with Gasteiger partial charge in [-0.2, -0.15) is 0 Å². The normalized spacial score (nSPS) is 10.4. The molecule has 2 rings (SSSR count). The second-order valence-electron chi connectivity index (χ2n) is 4.61. The number of esters is 1. The Morgan fingerprint density at radius 3 is 2.67 bits per heavy atom. The van der Waals surface area contributed by atoms with Gasteiger partial charge in [0.25, 0.3) is 5.69 Å². The quantitative estimate of drug-likeness (QED) is 0.488. The molecule has 2 aromatic rings. The number of carbonyl (C=O) groups excluding carboxylic acids is 1. The molecular formula is C14H14N2O5. The molecule has 0 amide bonds. The first kappa shape index (κ1) is 14.7. The van der Waals surface area contributed by atoms with Crippen LogP contribution in [0.25, 0.3) is 0 Å². The van der Waals surface area contributed by atoms with E-state index in [2.05, 4.69) is 5.16 Å². The molecule has 0 unspecified atom stereocenters. The lowest BCUT2D eigenvalue weighted by atomic mass is 10.1. The zero-order valence-electron chi connectivity index (χ0n) is 11.9. The van der Waals surface area contributed by atoms with Crippen molar-refractivity contribution >= 4 is 11.7 Å². The van der Waals surface area contributed by atoms with E-state index in [1.165, 1.54) is 12.1 Å². The number of benzene rings is 1. The van der Waals surface area contributed by atoms with Crippen LogP contribution in [0.3, 0.4) is 0 Å². The van der Waals surface area contributed by atoms with E-state index in [4.69, 9.17) is 9.26 Å². The predicted molar refractivity (Wildman–Crippen MR) is 72.9 cm³/mol. The molecule has 7 heteroatoms. The van der Waals surface area contributed by atoms with Crippen molar-refractivity contribution in [3.63, 3.8) is 0 Å². The summed E-state index contributed by atoms with van der Waals surface area (Å²) in [6.07, 6.45) is 0. The Hall–Kier alpha value is -2.70. The first-order valence-corrected chi connectivity index (χ1v) is 6.24. The summed E-state index contributed by atoms with van der Waals surface area (Å²) in [5.41, 5.74) is 1.49. The highest BCUT2D eigenvalue weighted by Crippen LogP contribution is 2.23. The van der Waals surface area contributed by atoms with Crippen LogP contribution in [0.4, 0.5) is 5.69 Å². The van der Waals surface area contributed by atoms with E-state index < -0.39 is 10.9 Å². The van der Waals surface area contributed by atoms with Crippen LogP contribution in [0, 0.1) is 30.9 Å². The van der Waals surface area contributed by atoms with Crippen molar-refractivity contribution in [2.75, 3.05) is 0 Å². The third kappa shape index (κ3) is 2.91. The number of nitro benzene ring substituents is 1. The van der Waals surface area contributed by atoms with Crippen LogP contribution >= 0.6 is 0 Å². The molecule has 0 radical (unpaired) electrons. The third-order valence-electron chi connectivity index (χ3n) is 3.18. The number of hydrogen-bond acceptors (Lipinski definition) is 6. The summed E-state index contributed by atoms with van der Waals surface area (Å²) >= 11 is 0. The Morgan fingerprint density at radius 2 is 2.10 bits per heavy atom. The number of aryl methyl sites for hydroxylation is 3. The van der Waals surface area contributed by atoms with Gasteiger partial charge in [0.15, 0.2) is 0 Å². The molecule has 21 heavy (non-hydrogen) atoms. The van der Waals surface area contributed by atoms with Gasteiger partial charge in [-0.1, -0.05) is 17.3 Å². The van der Waals surface area contributed by atoms with Gasteiger partial charge in [0.1, 0.15) is 17.9 Å². The first-order chi connectivity index (χ1) is 9.91. The third-order valence-corrected chi connectivity index (χ3v) is 3.18. The topological polar surface area (TPSA) is 95.5 Å². The van der Waals surface area contributed by atoms with Crippen molar-refractivity contribution in [2.45, 2.75) is 27.4 Å². The molecule has 0 aliphatic rings. The average Bonchev–Trinajstić information content (AvgIpc) is 2.75. The fourth-order valence-electron chi connectivity index (χ4n) is 1.99. The Kier molecular flexibility index (Phi) is 4.02. The fraction of sp³-hybridized carbons (Fsp3) is 0.286. The lowest BCUT2D eigenvalue weighted by Gasteiger charge is -2.07. The van der Waals surface area contributed by atoms with Crippen LogP contribution in [0.15, 0.2) is 22.7 Å². The minimum absolute atomic E-state index is 0.0331. The molecule has 0 saturated carbocycles. The van der Waals surface area contributed by atoms with Gasteiger partial charge in [0, 0.05) is 6.07 Å². The van der Waals surface area contributed by atoms with Gasteiger partial charge in [-0.15, -0.1) is 0 Å². The molecule has 1 heterocycles. The van der Waals surface area contributed by atoms with E-state index in [1.807, 2.05) is 0 Å². The number of nitro groups is 1. The average molecular weight is 290 g/mol. The number of carbonyl (C=O) groups is 1. The Morgan fingerprint density at radius 1 is 1.38 bits per heavy atom. The first-order valence-electron chi connectivity index (χ1n) is 6.24. The summed E-state index contributed by atoms with van der Waals surface area (Å²) in [7, 11) is 0. The van der Waals surface area contributed by atoms with Gasteiger partial charge < -0.3 is 9.26 Å². The molecule has 0 atom stereocenters. The maximum Gasteiger partial charge on any atom is 0.345 e. The maximum atomic E-state index is 12.1. The smallest absolute Gasteiger partial charge is 0.345 e. The molecule has 0 bridgehead atoms. The highest BCUT2D eigenvalue weighted by atomic mass is 16.6. The summed E-state index contributed by atoms with van der Waals surface area (Å²) in [6, 6.07) is 4.43. The monoisotopic (exact) mass is 290 g/mol. The molecule has 1 aromatic carbocycles. The molecule has 0 fully saturated rings. The number of ether oxygens (including phenoxy) is 1. The van der Waals surface area contributed by atoms with E-state index in [0.717, 1.165) is 0 Å². The van der Waals surface area contributed by atoms with Crippen molar-refractivity contribution < 1.29 is 19.0 Å². The molecule has 110 valence electrons. The van der Waals surface area contributed by atoms with Gasteiger partial charge >= 0.3 is 5.97 Å². The molecule has 7 nitrogen and oxygen atoms in total. The lowest BCUT2D eigenvalue weighted by molar-refractivity contribution is -0.385. The van der Waals surface area contributed by atoms with Crippen molar-refractivity contribution in [3.8, 4) is 0 Å². The molecule has 1 aromatic heterocycles. The van der Waals surface area contributed by atoms with Gasteiger partial charge in [-0.25, -0.2) is 4.79 Å². The molecule has 0 spiro atoms. The molecule has 0 saturated heterocycles. The van der Waals surface area contributed by atoms with Crippen molar-refractivity contribution in [3.05, 3.63) is 56.5 Å². The van der Waals surface area contributed by atoms with Crippen LogP contribution < -0.4 is 0 Å². The van der Waals surface area contributed by atoms with E-state index in [1.54, 1.807) is 26.8 Å². The summed E-state index contributed by atoms with van der Waals surface area (Å²) < 4.78 is 10.1. The summed E-state index contributed by atoms with van der Waals surface area (Å²) in [5.74, 6) is -0.181. The predicted octanol–water partition coefficient (Wildman–Crippen LogP) is 2.87. The van der Waals surface area contributed by atoms with Crippen molar-refractivity contribution in [1.82, 2.24) is 5.16 Å². The zero-order chi connectivity index (χ0) is 15.6. The van der Waals surface area contributed by atoms with E-state index >= 15 is 0 Å². The standard InChI is InChI=1S/C14H14N2O5/c1-8-5-4-6-12(16(18)19)13(8)14(17)20-7-11-9(2)15-21-10(11)3/h4-6H,7H2,1-3H3. The fourth-order valence-corrected chi connectivity index (χ4v) is 1.99. The minimum atomic E-state index is -0.736. The van der Waals surface area contributed by atoms with E-state index in [9.17, 15) is 14.9 Å². The summed E-state index contributed by atoms with van der Waals surface area (Å²) in [4.78, 5) is 22.5. The van der Waals surface area contributed by atoms with Crippen LogP contribution in [0.5, 0.6) is 0 Å². The number of nitrogens with zero attached hydrogens (tertiary/aromatic N) is 2. The van der Waals surface area contributed by atoms with Gasteiger partial charge in [0.2, 0.25) is 0 Å². The highest BCUT2D eigenvalue weighted by Gasteiger charge is 2.24. The molecule has 0 aliphatic heterocycles. The molecule has 0 aliphatic carbocycles. The van der Waals surface area contributed by atoms with Gasteiger partial charge in [0.05, 0.1) is 16.2 Å². The summed E-state index contributed by atoms with van der Waals surface area (Å²) in [5, 5.41) is 14.7. The highest BCUT2D eigenvalue weighted by molar-refractivity contribution is 5.95. The second-order valence-corrected chi connectivity index (χ2v) is 4.61. The van der Waals surface area contributed by atoms with E-state index in [0.29, 0.717) is 22.6 Å². The Bertz CT molecular complexity index is 686. The van der Waals surface area contributed by atoms with Crippen LogP contribution in [-0.4, -0.2) is 16.0 Å². The Balaban J connectivity index is 2.24. The number of hydrogen-bond donors (Lipinski definition) is 0.